The van der Waals surface area contributed by atoms with E-state index < -0.39 is 0 Å². The molecule has 1 aromatic heterocycles. The summed E-state index contributed by atoms with van der Waals surface area (Å²) < 4.78 is 0. The molecule has 0 radical (unpaired) electrons. The van der Waals surface area contributed by atoms with Gasteiger partial charge in [0.25, 0.3) is 0 Å². The molecule has 3 heterocycles. The van der Waals surface area contributed by atoms with Crippen LogP contribution in [0.25, 0.3) is 0 Å². The predicted octanol–water partition coefficient (Wildman–Crippen LogP) is 2.81. The van der Waals surface area contributed by atoms with Crippen LogP contribution in [0.2, 0.25) is 0 Å². The van der Waals surface area contributed by atoms with Gasteiger partial charge in [0.15, 0.2) is 0 Å². The number of hydrogen-bond donors (Lipinski definition) is 1. The molecular weight excluding hydrogens is 254 g/mol. The molecule has 106 valence electrons. The largest absolute Gasteiger partial charge is 0.317 e. The van der Waals surface area contributed by atoms with Crippen molar-refractivity contribution in [3.63, 3.8) is 0 Å². The molecule has 3 rings (SSSR count). The molecule has 0 aromatic carbocycles. The molecular formula is C15H25N3S. The normalized spacial score (nSPS) is 26.7. The third-order valence-electron chi connectivity index (χ3n) is 4.60. The summed E-state index contributed by atoms with van der Waals surface area (Å²) in [5, 5.41) is 6.98. The molecule has 19 heavy (non-hydrogen) atoms. The molecule has 1 N–H and O–H groups in total. The lowest BCUT2D eigenvalue weighted by Gasteiger charge is -2.41. The molecule has 2 aliphatic heterocycles. The molecule has 0 saturated carbocycles. The average molecular weight is 279 g/mol. The van der Waals surface area contributed by atoms with E-state index in [0.29, 0.717) is 0 Å². The molecule has 0 amide bonds. The van der Waals surface area contributed by atoms with Crippen molar-refractivity contribution in [2.45, 2.75) is 51.6 Å². The molecule has 3 nitrogen and oxygen atoms in total. The topological polar surface area (TPSA) is 28.2 Å². The summed E-state index contributed by atoms with van der Waals surface area (Å²) in [4.78, 5) is 7.37. The number of hydrogen-bond acceptors (Lipinski definition) is 4. The Morgan fingerprint density at radius 3 is 2.89 bits per heavy atom. The first kappa shape index (κ1) is 13.5. The summed E-state index contributed by atoms with van der Waals surface area (Å²) in [5.41, 5.74) is 1.18. The van der Waals surface area contributed by atoms with E-state index in [1.54, 1.807) is 0 Å². The van der Waals surface area contributed by atoms with Crippen LogP contribution in [0.1, 0.15) is 42.8 Å². The number of thiazole rings is 1. The average Bonchev–Trinajstić information content (AvgIpc) is 2.86. The summed E-state index contributed by atoms with van der Waals surface area (Å²) in [6.45, 7) is 6.87. The Labute approximate surface area is 120 Å². The quantitative estimate of drug-likeness (QED) is 0.922. The Hall–Kier alpha value is -0.450. The van der Waals surface area contributed by atoms with Gasteiger partial charge in [-0.2, -0.15) is 0 Å². The highest BCUT2D eigenvalue weighted by Crippen LogP contribution is 2.30. The molecule has 0 spiro atoms. The fraction of sp³-hybridized carbons (Fsp3) is 0.800. The van der Waals surface area contributed by atoms with Crippen LogP contribution in [-0.4, -0.2) is 35.6 Å². The van der Waals surface area contributed by atoms with Crippen molar-refractivity contribution < 1.29 is 0 Å². The van der Waals surface area contributed by atoms with E-state index in [4.69, 9.17) is 0 Å². The van der Waals surface area contributed by atoms with Crippen molar-refractivity contribution in [3.8, 4) is 0 Å². The second kappa shape index (κ2) is 6.33. The van der Waals surface area contributed by atoms with Gasteiger partial charge >= 0.3 is 0 Å². The summed E-state index contributed by atoms with van der Waals surface area (Å²) in [7, 11) is 0. The molecule has 1 aromatic rings. The van der Waals surface area contributed by atoms with Gasteiger partial charge in [-0.1, -0.05) is 6.42 Å². The Kier molecular flexibility index (Phi) is 4.51. The highest BCUT2D eigenvalue weighted by Gasteiger charge is 2.30. The smallest absolute Gasteiger partial charge is 0.107 e. The van der Waals surface area contributed by atoms with Crippen molar-refractivity contribution in [3.05, 3.63) is 16.1 Å². The van der Waals surface area contributed by atoms with Crippen molar-refractivity contribution in [1.82, 2.24) is 15.2 Å². The lowest BCUT2D eigenvalue weighted by atomic mass is 9.84. The first-order valence-corrected chi connectivity index (χ1v) is 8.56. The van der Waals surface area contributed by atoms with Gasteiger partial charge in [0.05, 0.1) is 6.54 Å². The van der Waals surface area contributed by atoms with E-state index in [9.17, 15) is 0 Å². The maximum absolute atomic E-state index is 4.65. The number of nitrogens with zero attached hydrogens (tertiary/aromatic N) is 2. The van der Waals surface area contributed by atoms with Crippen LogP contribution in [0.3, 0.4) is 0 Å². The predicted molar refractivity (Wildman–Crippen MR) is 80.5 cm³/mol. The molecule has 1 unspecified atom stereocenters. The zero-order valence-electron chi connectivity index (χ0n) is 11.9. The summed E-state index contributed by atoms with van der Waals surface area (Å²) in [5.74, 6) is 0.905. The van der Waals surface area contributed by atoms with Crippen molar-refractivity contribution in [2.75, 3.05) is 19.6 Å². The van der Waals surface area contributed by atoms with E-state index in [0.717, 1.165) is 18.5 Å². The van der Waals surface area contributed by atoms with Crippen LogP contribution in [0.4, 0.5) is 0 Å². The van der Waals surface area contributed by atoms with Crippen molar-refractivity contribution in [2.24, 2.45) is 5.92 Å². The van der Waals surface area contributed by atoms with Crippen molar-refractivity contribution in [1.29, 1.82) is 0 Å². The third-order valence-corrected chi connectivity index (χ3v) is 5.55. The minimum atomic E-state index is 0.806. The molecule has 4 heteroatoms. The maximum Gasteiger partial charge on any atom is 0.107 e. The summed E-state index contributed by atoms with van der Waals surface area (Å²) >= 11 is 1.83. The summed E-state index contributed by atoms with van der Waals surface area (Å²) in [6.07, 6.45) is 6.90. The first-order valence-electron chi connectivity index (χ1n) is 7.69. The van der Waals surface area contributed by atoms with Gasteiger partial charge in [0.1, 0.15) is 5.01 Å². The Morgan fingerprint density at radius 2 is 2.16 bits per heavy atom. The van der Waals surface area contributed by atoms with Gasteiger partial charge in [0.2, 0.25) is 0 Å². The zero-order chi connectivity index (χ0) is 13.1. The number of likely N-dealkylation sites (tertiary alicyclic amines) is 1. The van der Waals surface area contributed by atoms with Gasteiger partial charge in [-0.3, -0.25) is 4.90 Å². The third kappa shape index (κ3) is 3.36. The van der Waals surface area contributed by atoms with E-state index >= 15 is 0 Å². The molecule has 2 saturated heterocycles. The second-order valence-electron chi connectivity index (χ2n) is 6.00. The second-order valence-corrected chi connectivity index (χ2v) is 6.95. The highest BCUT2D eigenvalue weighted by molar-refractivity contribution is 7.09. The number of aryl methyl sites for hydroxylation is 1. The van der Waals surface area contributed by atoms with Gasteiger partial charge in [-0.15, -0.1) is 11.3 Å². The molecule has 0 bridgehead atoms. The lowest BCUT2D eigenvalue weighted by Crippen LogP contribution is -2.46. The fourth-order valence-corrected chi connectivity index (χ4v) is 4.42. The number of rotatable bonds is 3. The van der Waals surface area contributed by atoms with Gasteiger partial charge in [-0.05, 0) is 58.2 Å². The van der Waals surface area contributed by atoms with Crippen LogP contribution < -0.4 is 5.32 Å². The standard InChI is InChI=1S/C15H25N3S/c1-12-11-19-15(17-12)10-18-9-3-2-4-14(18)13-5-7-16-8-6-13/h11,13-14,16H,2-10H2,1H3. The van der Waals surface area contributed by atoms with Crippen LogP contribution in [0.5, 0.6) is 0 Å². The van der Waals surface area contributed by atoms with E-state index in [2.05, 4.69) is 27.5 Å². The van der Waals surface area contributed by atoms with Gasteiger partial charge < -0.3 is 5.32 Å². The van der Waals surface area contributed by atoms with Crippen LogP contribution in [0, 0.1) is 12.8 Å². The van der Waals surface area contributed by atoms with Crippen LogP contribution in [0.15, 0.2) is 5.38 Å². The molecule has 2 fully saturated rings. The monoisotopic (exact) mass is 279 g/mol. The van der Waals surface area contributed by atoms with Gasteiger partial charge in [0, 0.05) is 17.1 Å². The highest BCUT2D eigenvalue weighted by atomic mass is 32.1. The minimum absolute atomic E-state index is 0.806. The summed E-state index contributed by atoms with van der Waals surface area (Å²) in [6, 6.07) is 0.806. The maximum atomic E-state index is 4.65. The van der Waals surface area contributed by atoms with Crippen molar-refractivity contribution >= 4 is 11.3 Å². The van der Waals surface area contributed by atoms with E-state index in [1.165, 1.54) is 62.4 Å². The fourth-order valence-electron chi connectivity index (χ4n) is 3.63. The molecule has 1 atom stereocenters. The molecule has 2 aliphatic rings. The van der Waals surface area contributed by atoms with Crippen LogP contribution >= 0.6 is 11.3 Å². The first-order chi connectivity index (χ1) is 9.33. The minimum Gasteiger partial charge on any atom is -0.317 e. The van der Waals surface area contributed by atoms with Gasteiger partial charge in [-0.25, -0.2) is 4.98 Å². The number of piperidine rings is 2. The Morgan fingerprint density at radius 1 is 1.32 bits per heavy atom. The van der Waals surface area contributed by atoms with E-state index in [1.807, 2.05) is 11.3 Å². The number of nitrogens with one attached hydrogen (secondary N) is 1. The van der Waals surface area contributed by atoms with Crippen LogP contribution in [-0.2, 0) is 6.54 Å². The van der Waals surface area contributed by atoms with E-state index in [-0.39, 0.29) is 0 Å². The zero-order valence-corrected chi connectivity index (χ0v) is 12.7. The SMILES string of the molecule is Cc1csc(CN2CCCCC2C2CCNCC2)n1. The number of aromatic nitrogens is 1. The Balaban J connectivity index is 1.66. The Bertz CT molecular complexity index is 398. The lowest BCUT2D eigenvalue weighted by molar-refractivity contribution is 0.0777. The molecule has 0 aliphatic carbocycles.